The molecule has 1 atom stereocenters. The van der Waals surface area contributed by atoms with Gasteiger partial charge in [0, 0.05) is 12.1 Å². The molecule has 0 amide bonds. The van der Waals surface area contributed by atoms with Gasteiger partial charge in [-0.2, -0.15) is 10.2 Å². The van der Waals surface area contributed by atoms with E-state index in [0.29, 0.717) is 5.69 Å². The number of nitrogens with zero attached hydrogens (tertiary/aromatic N) is 3. The van der Waals surface area contributed by atoms with Gasteiger partial charge >= 0.3 is 0 Å². The summed E-state index contributed by atoms with van der Waals surface area (Å²) in [5.74, 6) is 0. The third-order valence-electron chi connectivity index (χ3n) is 3.02. The van der Waals surface area contributed by atoms with E-state index in [0.717, 1.165) is 10.8 Å². The molecule has 0 saturated heterocycles. The Morgan fingerprint density at radius 1 is 1.11 bits per heavy atom. The lowest BCUT2D eigenvalue weighted by atomic mass is 10.2. The van der Waals surface area contributed by atoms with E-state index in [2.05, 4.69) is 0 Å². The van der Waals surface area contributed by atoms with Crippen molar-refractivity contribution < 1.29 is 10.4 Å². The number of quaternary nitrogens is 1. The first-order chi connectivity index (χ1) is 8.70. The molecule has 2 N–H and O–H groups in total. The lowest BCUT2D eigenvalue weighted by Gasteiger charge is -2.42. The number of rotatable bonds is 1. The zero-order valence-corrected chi connectivity index (χ0v) is 9.72. The number of para-hydroxylation sites is 1. The Labute approximate surface area is 105 Å². The summed E-state index contributed by atoms with van der Waals surface area (Å²) >= 11 is 0. The maximum absolute atomic E-state index is 10.8. The van der Waals surface area contributed by atoms with Crippen LogP contribution in [0.2, 0.25) is 0 Å². The van der Waals surface area contributed by atoms with Gasteiger partial charge < -0.3 is 0 Å². The molecule has 18 heavy (non-hydrogen) atoms. The summed E-state index contributed by atoms with van der Waals surface area (Å²) in [6, 6.07) is 9.24. The lowest BCUT2D eigenvalue weighted by Crippen LogP contribution is -2.62. The predicted molar refractivity (Wildman–Crippen MR) is 66.7 cm³/mol. The maximum atomic E-state index is 10.8. The molecule has 0 radical (unpaired) electrons. The number of benzene rings is 1. The quantitative estimate of drug-likeness (QED) is 0.743. The van der Waals surface area contributed by atoms with Crippen molar-refractivity contribution in [2.45, 2.75) is 0 Å². The summed E-state index contributed by atoms with van der Waals surface area (Å²) in [5, 5.41) is 23.3. The lowest BCUT2D eigenvalue weighted by molar-refractivity contribution is -0.261. The van der Waals surface area contributed by atoms with Gasteiger partial charge in [0.2, 0.25) is 6.67 Å². The molecule has 1 aromatic carbocycles. The average molecular weight is 244 g/mol. The molecule has 0 spiro atoms. The van der Waals surface area contributed by atoms with Crippen LogP contribution in [-0.2, 0) is 0 Å². The van der Waals surface area contributed by atoms with Crippen LogP contribution in [0.3, 0.4) is 0 Å². The van der Waals surface area contributed by atoms with Gasteiger partial charge in [0.25, 0.3) is 0 Å². The van der Waals surface area contributed by atoms with Gasteiger partial charge in [0.1, 0.15) is 5.70 Å². The van der Waals surface area contributed by atoms with Gasteiger partial charge in [-0.15, -0.1) is 0 Å². The standard InChI is InChI=1S/C13H14N3O2/c17-14-10-12-6-4-5-9-15(12)16(18,11-14)13-7-2-1-3-8-13/h1-10,17-18H,11H2/q+1. The topological polar surface area (TPSA) is 46.9 Å². The second-order valence-electron chi connectivity index (χ2n) is 4.25. The molecular formula is C13H14N3O2+. The molecule has 2 aliphatic rings. The van der Waals surface area contributed by atoms with Gasteiger partial charge in [-0.25, -0.2) is 5.06 Å². The Kier molecular flexibility index (Phi) is 2.45. The summed E-state index contributed by atoms with van der Waals surface area (Å²) in [5.41, 5.74) is 1.40. The van der Waals surface area contributed by atoms with Crippen LogP contribution in [-0.4, -0.2) is 27.2 Å². The fraction of sp³-hybridized carbons (Fsp3) is 0.0769. The number of hydrogen-bond acceptors (Lipinski definition) is 4. The molecule has 1 aromatic rings. The van der Waals surface area contributed by atoms with Crippen molar-refractivity contribution in [1.82, 2.24) is 14.8 Å². The molecule has 0 bridgehead atoms. The fourth-order valence-electron chi connectivity index (χ4n) is 2.19. The zero-order valence-electron chi connectivity index (χ0n) is 9.72. The van der Waals surface area contributed by atoms with E-state index in [1.807, 2.05) is 48.6 Å². The smallest absolute Gasteiger partial charge is 0.236 e. The minimum Gasteiger partial charge on any atom is -0.284 e. The van der Waals surface area contributed by atoms with Gasteiger partial charge in [0.05, 0.1) is 12.4 Å². The Morgan fingerprint density at radius 2 is 1.89 bits per heavy atom. The van der Waals surface area contributed by atoms with Crippen LogP contribution in [0.15, 0.2) is 66.7 Å². The molecule has 5 heteroatoms. The van der Waals surface area contributed by atoms with Crippen molar-refractivity contribution in [3.63, 3.8) is 0 Å². The van der Waals surface area contributed by atoms with Crippen LogP contribution in [0.5, 0.6) is 0 Å². The number of allylic oxidation sites excluding steroid dienone is 3. The summed E-state index contributed by atoms with van der Waals surface area (Å²) in [6.45, 7) is 0.0334. The highest BCUT2D eigenvalue weighted by Crippen LogP contribution is 2.31. The van der Waals surface area contributed by atoms with E-state index in [4.69, 9.17) is 0 Å². The van der Waals surface area contributed by atoms with Crippen LogP contribution >= 0.6 is 0 Å². The monoisotopic (exact) mass is 244 g/mol. The molecular weight excluding hydrogens is 230 g/mol. The van der Waals surface area contributed by atoms with Crippen molar-refractivity contribution in [3.8, 4) is 0 Å². The second kappa shape index (κ2) is 3.99. The summed E-state index contributed by atoms with van der Waals surface area (Å²) < 4.78 is -0.510. The Balaban J connectivity index is 2.09. The number of fused-ring (bicyclic) bond motifs is 1. The molecule has 0 fully saturated rings. The van der Waals surface area contributed by atoms with Crippen LogP contribution in [0.1, 0.15) is 0 Å². The second-order valence-corrected chi connectivity index (χ2v) is 4.25. The normalized spacial score (nSPS) is 26.0. The van der Waals surface area contributed by atoms with Crippen LogP contribution in [0.25, 0.3) is 0 Å². The zero-order chi connectivity index (χ0) is 12.6. The highest BCUT2D eigenvalue weighted by atomic mass is 16.6. The molecule has 0 saturated carbocycles. The van der Waals surface area contributed by atoms with Gasteiger partial charge in [-0.05, 0) is 16.9 Å². The first-order valence-corrected chi connectivity index (χ1v) is 5.68. The van der Waals surface area contributed by atoms with Crippen molar-refractivity contribution >= 4 is 5.69 Å². The van der Waals surface area contributed by atoms with E-state index >= 15 is 0 Å². The molecule has 0 aliphatic carbocycles. The maximum Gasteiger partial charge on any atom is 0.236 e. The third kappa shape index (κ3) is 1.62. The van der Waals surface area contributed by atoms with Gasteiger partial charge in [0.15, 0.2) is 5.69 Å². The first kappa shape index (κ1) is 11.0. The van der Waals surface area contributed by atoms with Crippen LogP contribution in [0, 0.1) is 0 Å². The highest BCUT2D eigenvalue weighted by molar-refractivity contribution is 5.43. The van der Waals surface area contributed by atoms with E-state index in [1.165, 1.54) is 0 Å². The molecule has 3 rings (SSSR count). The van der Waals surface area contributed by atoms with E-state index in [-0.39, 0.29) is 6.67 Å². The molecule has 2 aliphatic heterocycles. The van der Waals surface area contributed by atoms with Crippen molar-refractivity contribution in [3.05, 3.63) is 66.7 Å². The minimum absolute atomic E-state index is 0.0334. The van der Waals surface area contributed by atoms with E-state index in [1.54, 1.807) is 17.4 Å². The van der Waals surface area contributed by atoms with E-state index in [9.17, 15) is 10.4 Å². The minimum atomic E-state index is -0.510. The molecule has 2 heterocycles. The molecule has 5 nitrogen and oxygen atoms in total. The molecule has 92 valence electrons. The summed E-state index contributed by atoms with van der Waals surface area (Å²) in [7, 11) is 0. The molecule has 0 aromatic heterocycles. The average Bonchev–Trinajstić information content (AvgIpc) is 2.39. The fourth-order valence-corrected chi connectivity index (χ4v) is 2.19. The predicted octanol–water partition coefficient (Wildman–Crippen LogP) is 2.19. The first-order valence-electron chi connectivity index (χ1n) is 5.68. The SMILES string of the molecule is ON1C=C2C=CC=CN2[N+](O)(c2ccccc2)C1. The summed E-state index contributed by atoms with van der Waals surface area (Å²) in [6.07, 6.45) is 8.89. The Hall–Kier alpha value is -2.08. The van der Waals surface area contributed by atoms with Crippen molar-refractivity contribution in [1.29, 1.82) is 0 Å². The molecule has 1 unspecified atom stereocenters. The number of hydroxylamine groups is 3. The largest absolute Gasteiger partial charge is 0.284 e. The number of hydrogen-bond donors (Lipinski definition) is 2. The van der Waals surface area contributed by atoms with Crippen molar-refractivity contribution in [2.75, 3.05) is 6.67 Å². The van der Waals surface area contributed by atoms with Gasteiger partial charge in [-0.1, -0.05) is 24.3 Å². The Bertz CT molecular complexity index is 538. The highest BCUT2D eigenvalue weighted by Gasteiger charge is 2.42. The van der Waals surface area contributed by atoms with Crippen LogP contribution in [0.4, 0.5) is 5.69 Å². The third-order valence-corrected chi connectivity index (χ3v) is 3.02. The Morgan fingerprint density at radius 3 is 2.67 bits per heavy atom. The van der Waals surface area contributed by atoms with E-state index < -0.39 is 4.76 Å². The summed E-state index contributed by atoms with van der Waals surface area (Å²) in [4.78, 5) is 0. The van der Waals surface area contributed by atoms with Crippen molar-refractivity contribution in [2.24, 2.45) is 0 Å². The van der Waals surface area contributed by atoms with Crippen LogP contribution < -0.4 is 4.76 Å². The van der Waals surface area contributed by atoms with Gasteiger partial charge in [-0.3, -0.25) is 5.21 Å².